The number of nitriles is 1. The molecular weight excluding hydrogens is 346 g/mol. The molecule has 0 bridgehead atoms. The fraction of sp³-hybridized carbons (Fsp3) is 0.350. The zero-order chi connectivity index (χ0) is 18.7. The molecule has 5 nitrogen and oxygen atoms in total. The van der Waals surface area contributed by atoms with Crippen LogP contribution in [-0.4, -0.2) is 16.7 Å². The van der Waals surface area contributed by atoms with E-state index in [-0.39, 0.29) is 5.56 Å². The zero-order valence-electron chi connectivity index (χ0n) is 15.2. The number of hydrogen-bond donors (Lipinski definition) is 0. The molecule has 0 atom stereocenters. The molecule has 0 N–H and O–H groups in total. The Kier molecular flexibility index (Phi) is 5.38. The summed E-state index contributed by atoms with van der Waals surface area (Å²) in [4.78, 5) is 19.8. The van der Waals surface area contributed by atoms with Crippen molar-refractivity contribution in [3.05, 3.63) is 56.4 Å². The van der Waals surface area contributed by atoms with Crippen LogP contribution in [0.15, 0.2) is 29.1 Å². The van der Waals surface area contributed by atoms with Crippen molar-refractivity contribution in [2.24, 2.45) is 0 Å². The Hall–Kier alpha value is -2.65. The predicted octanol–water partition coefficient (Wildman–Crippen LogP) is 3.98. The van der Waals surface area contributed by atoms with Crippen molar-refractivity contribution in [3.8, 4) is 11.8 Å². The first-order chi connectivity index (χ1) is 12.6. The van der Waals surface area contributed by atoms with Crippen molar-refractivity contribution in [2.45, 2.75) is 39.7 Å². The summed E-state index contributed by atoms with van der Waals surface area (Å²) in [6.07, 6.45) is 1.56. The van der Waals surface area contributed by atoms with E-state index in [0.717, 1.165) is 26.6 Å². The minimum Gasteiger partial charge on any atom is -0.496 e. The van der Waals surface area contributed by atoms with Crippen LogP contribution < -0.4 is 10.3 Å². The largest absolute Gasteiger partial charge is 0.496 e. The van der Waals surface area contributed by atoms with Crippen molar-refractivity contribution in [1.29, 1.82) is 5.26 Å². The first-order valence-electron chi connectivity index (χ1n) is 8.55. The predicted molar refractivity (Wildman–Crippen MR) is 104 cm³/mol. The minimum atomic E-state index is -0.0142. The third-order valence-corrected chi connectivity index (χ3v) is 5.68. The molecule has 3 aromatic rings. The summed E-state index contributed by atoms with van der Waals surface area (Å²) in [6, 6.07) is 9.91. The number of rotatable bonds is 6. The van der Waals surface area contributed by atoms with E-state index < -0.39 is 0 Å². The molecule has 6 heteroatoms. The maximum Gasteiger partial charge on any atom is 0.262 e. The van der Waals surface area contributed by atoms with Gasteiger partial charge in [-0.3, -0.25) is 9.36 Å². The molecular formula is C20H21N3O2S. The molecule has 0 amide bonds. The molecule has 0 aliphatic carbocycles. The zero-order valence-corrected chi connectivity index (χ0v) is 16.0. The van der Waals surface area contributed by atoms with Crippen molar-refractivity contribution in [1.82, 2.24) is 9.55 Å². The van der Waals surface area contributed by atoms with Crippen LogP contribution in [0.5, 0.6) is 5.75 Å². The summed E-state index contributed by atoms with van der Waals surface area (Å²) < 4.78 is 7.17. The number of thiophene rings is 1. The number of ether oxygens (including phenoxy) is 1. The van der Waals surface area contributed by atoms with E-state index in [2.05, 4.69) is 6.07 Å². The van der Waals surface area contributed by atoms with Gasteiger partial charge < -0.3 is 4.74 Å². The van der Waals surface area contributed by atoms with Crippen LogP contribution in [0.25, 0.3) is 10.2 Å². The highest BCUT2D eigenvalue weighted by Gasteiger charge is 2.17. The van der Waals surface area contributed by atoms with Gasteiger partial charge in [0.15, 0.2) is 0 Å². The van der Waals surface area contributed by atoms with E-state index >= 15 is 0 Å². The highest BCUT2D eigenvalue weighted by atomic mass is 32.1. The summed E-state index contributed by atoms with van der Waals surface area (Å²) in [5, 5.41) is 9.54. The topological polar surface area (TPSA) is 67.9 Å². The Morgan fingerprint density at radius 3 is 2.81 bits per heavy atom. The molecule has 0 aliphatic rings. The number of aryl methyl sites for hydroxylation is 2. The molecule has 1 aromatic carbocycles. The Balaban J connectivity index is 2.14. The second kappa shape index (κ2) is 7.71. The normalized spacial score (nSPS) is 10.8. The number of aromatic nitrogens is 2. The van der Waals surface area contributed by atoms with Crippen molar-refractivity contribution in [2.75, 3.05) is 7.11 Å². The molecule has 0 spiro atoms. The van der Waals surface area contributed by atoms with Crippen LogP contribution in [0, 0.1) is 25.2 Å². The molecule has 0 fully saturated rings. The van der Waals surface area contributed by atoms with Gasteiger partial charge in [0.25, 0.3) is 5.56 Å². The number of para-hydroxylation sites is 1. The summed E-state index contributed by atoms with van der Waals surface area (Å²) in [5.41, 5.74) is 1.97. The van der Waals surface area contributed by atoms with Crippen LogP contribution in [0.2, 0.25) is 0 Å². The Labute approximate surface area is 156 Å². The Morgan fingerprint density at radius 1 is 1.31 bits per heavy atom. The van der Waals surface area contributed by atoms with Gasteiger partial charge in [0.05, 0.1) is 18.6 Å². The van der Waals surface area contributed by atoms with Gasteiger partial charge in [-0.2, -0.15) is 5.26 Å². The number of unbranched alkanes of at least 4 members (excludes halogenated alkanes) is 1. The van der Waals surface area contributed by atoms with Crippen LogP contribution >= 0.6 is 11.3 Å². The fourth-order valence-electron chi connectivity index (χ4n) is 3.07. The lowest BCUT2D eigenvalue weighted by atomic mass is 10.1. The van der Waals surface area contributed by atoms with Crippen LogP contribution in [-0.2, 0) is 13.0 Å². The van der Waals surface area contributed by atoms with Crippen molar-refractivity contribution < 1.29 is 4.74 Å². The van der Waals surface area contributed by atoms with Crippen LogP contribution in [0.4, 0.5) is 0 Å². The minimum absolute atomic E-state index is 0.0142. The maximum atomic E-state index is 13.1. The van der Waals surface area contributed by atoms with E-state index in [1.54, 1.807) is 23.0 Å². The van der Waals surface area contributed by atoms with Crippen molar-refractivity contribution >= 4 is 21.6 Å². The number of methoxy groups -OCH3 is 1. The van der Waals surface area contributed by atoms with E-state index in [0.29, 0.717) is 37.0 Å². The second-order valence-corrected chi connectivity index (χ2v) is 7.40. The van der Waals surface area contributed by atoms with Gasteiger partial charge in [0, 0.05) is 29.8 Å². The molecule has 26 heavy (non-hydrogen) atoms. The first kappa shape index (κ1) is 18.2. The molecule has 2 heterocycles. The highest BCUT2D eigenvalue weighted by Crippen LogP contribution is 2.27. The maximum absolute atomic E-state index is 13.1. The van der Waals surface area contributed by atoms with Gasteiger partial charge in [-0.05, 0) is 31.9 Å². The summed E-state index contributed by atoms with van der Waals surface area (Å²) >= 11 is 1.56. The molecule has 2 aromatic heterocycles. The van der Waals surface area contributed by atoms with Crippen molar-refractivity contribution in [3.63, 3.8) is 0 Å². The van der Waals surface area contributed by atoms with Gasteiger partial charge >= 0.3 is 0 Å². The molecule has 0 unspecified atom stereocenters. The molecule has 134 valence electrons. The number of nitrogens with zero attached hydrogens (tertiary/aromatic N) is 3. The molecule has 0 aliphatic heterocycles. The second-order valence-electron chi connectivity index (χ2n) is 6.20. The lowest BCUT2D eigenvalue weighted by Crippen LogP contribution is -2.25. The lowest BCUT2D eigenvalue weighted by Gasteiger charge is -2.14. The van der Waals surface area contributed by atoms with Gasteiger partial charge in [-0.15, -0.1) is 11.3 Å². The van der Waals surface area contributed by atoms with Gasteiger partial charge in [-0.25, -0.2) is 4.98 Å². The molecule has 0 saturated carbocycles. The first-order valence-corrected chi connectivity index (χ1v) is 9.36. The summed E-state index contributed by atoms with van der Waals surface area (Å²) in [7, 11) is 1.64. The molecule has 3 rings (SSSR count). The van der Waals surface area contributed by atoms with E-state index in [1.807, 2.05) is 38.1 Å². The number of benzene rings is 1. The standard InChI is InChI=1S/C20H21N3O2S/c1-13-14(2)26-19-18(13)20(24)23(11-7-6-10-21)17(22-19)12-15-8-4-5-9-16(15)25-3/h4-5,8-9H,6-7,11-12H2,1-3H3. The van der Waals surface area contributed by atoms with Gasteiger partial charge in [0.2, 0.25) is 0 Å². The highest BCUT2D eigenvalue weighted by molar-refractivity contribution is 7.18. The van der Waals surface area contributed by atoms with Gasteiger partial charge in [0.1, 0.15) is 16.4 Å². The van der Waals surface area contributed by atoms with E-state index in [4.69, 9.17) is 15.0 Å². The average molecular weight is 367 g/mol. The molecule has 0 saturated heterocycles. The number of hydrogen-bond acceptors (Lipinski definition) is 5. The lowest BCUT2D eigenvalue weighted by molar-refractivity contribution is 0.410. The average Bonchev–Trinajstić information content (AvgIpc) is 2.92. The SMILES string of the molecule is COc1ccccc1Cc1nc2sc(C)c(C)c2c(=O)n1CCCC#N. The Bertz CT molecular complexity index is 1040. The van der Waals surface area contributed by atoms with Crippen LogP contribution in [0.1, 0.15) is 34.7 Å². The molecule has 0 radical (unpaired) electrons. The van der Waals surface area contributed by atoms with E-state index in [9.17, 15) is 4.79 Å². The summed E-state index contributed by atoms with van der Waals surface area (Å²) in [5.74, 6) is 1.50. The smallest absolute Gasteiger partial charge is 0.262 e. The van der Waals surface area contributed by atoms with Crippen LogP contribution in [0.3, 0.4) is 0 Å². The third kappa shape index (κ3) is 3.35. The van der Waals surface area contributed by atoms with Gasteiger partial charge in [-0.1, -0.05) is 18.2 Å². The Morgan fingerprint density at radius 2 is 2.08 bits per heavy atom. The van der Waals surface area contributed by atoms with E-state index in [1.165, 1.54) is 0 Å². The number of fused-ring (bicyclic) bond motifs is 1. The summed E-state index contributed by atoms with van der Waals surface area (Å²) in [6.45, 7) is 4.48. The fourth-order valence-corrected chi connectivity index (χ4v) is 4.11. The third-order valence-electron chi connectivity index (χ3n) is 4.58. The quantitative estimate of drug-likeness (QED) is 0.618. The monoisotopic (exact) mass is 367 g/mol.